The van der Waals surface area contributed by atoms with Crippen LogP contribution in [-0.4, -0.2) is 51.8 Å². The highest BCUT2D eigenvalue weighted by Crippen LogP contribution is 2.56. The molecule has 1 spiro atoms. The molecule has 2 saturated heterocycles. The van der Waals surface area contributed by atoms with Crippen molar-refractivity contribution in [2.45, 2.75) is 75.9 Å². The van der Waals surface area contributed by atoms with E-state index in [4.69, 9.17) is 0 Å². The van der Waals surface area contributed by atoms with Gasteiger partial charge in [-0.05, 0) is 60.6 Å². The van der Waals surface area contributed by atoms with Crippen LogP contribution in [0.5, 0.6) is 0 Å². The number of rotatable bonds is 4. The second-order valence-electron chi connectivity index (χ2n) is 11.8. The first kappa shape index (κ1) is 27.0. The highest BCUT2D eigenvalue weighted by molar-refractivity contribution is 6.05. The Hall–Kier alpha value is -3.24. The van der Waals surface area contributed by atoms with Gasteiger partial charge in [0.1, 0.15) is 6.04 Å². The maximum Gasteiger partial charge on any atom is 0.416 e. The van der Waals surface area contributed by atoms with Gasteiger partial charge >= 0.3 is 6.18 Å². The molecule has 0 radical (unpaired) electrons. The number of alkyl halides is 3. The third-order valence-corrected chi connectivity index (χ3v) is 9.44. The van der Waals surface area contributed by atoms with Crippen LogP contribution < -0.4 is 5.32 Å². The number of carbonyl (C=O) groups is 3. The lowest BCUT2D eigenvalue weighted by Crippen LogP contribution is -2.56. The molecule has 212 valence electrons. The van der Waals surface area contributed by atoms with Gasteiger partial charge in [0, 0.05) is 43.6 Å². The summed E-state index contributed by atoms with van der Waals surface area (Å²) in [5, 5.41) is 14.7. The van der Waals surface area contributed by atoms with E-state index < -0.39 is 34.7 Å². The molecule has 3 aliphatic heterocycles. The molecule has 1 aliphatic carbocycles. The van der Waals surface area contributed by atoms with E-state index in [0.717, 1.165) is 54.5 Å². The standard InChI is InChI=1S/C30H32F3N3O4/c31-30(32,33)21-5-3-19(4-6-21)16-35-14-13-29(40,28(18-35)11-1-2-12-28)22-7-8-23-20(15-22)17-36(27(23)39)24-9-10-25(37)34-26(24)38/h3-8,15,24,40H,1-2,9-14,16-18H2,(H,34,37,38)/t24-,29+/m1/s1. The Morgan fingerprint density at radius 3 is 2.40 bits per heavy atom. The molecule has 7 nitrogen and oxygen atoms in total. The number of fused-ring (bicyclic) bond motifs is 1. The molecule has 3 amide bonds. The summed E-state index contributed by atoms with van der Waals surface area (Å²) in [5.41, 5.74) is 0.662. The van der Waals surface area contributed by atoms with Crippen molar-refractivity contribution in [2.75, 3.05) is 13.1 Å². The van der Waals surface area contributed by atoms with Crippen molar-refractivity contribution >= 4 is 17.7 Å². The zero-order chi connectivity index (χ0) is 28.3. The summed E-state index contributed by atoms with van der Waals surface area (Å²) >= 11 is 0. The molecule has 6 rings (SSSR count). The summed E-state index contributed by atoms with van der Waals surface area (Å²) in [4.78, 5) is 40.9. The van der Waals surface area contributed by atoms with Gasteiger partial charge in [-0.3, -0.25) is 24.6 Å². The van der Waals surface area contributed by atoms with Crippen LogP contribution in [0.15, 0.2) is 42.5 Å². The first-order valence-corrected chi connectivity index (χ1v) is 13.9. The lowest BCUT2D eigenvalue weighted by molar-refractivity contribution is -0.142. The van der Waals surface area contributed by atoms with Gasteiger partial charge in [0.15, 0.2) is 0 Å². The quantitative estimate of drug-likeness (QED) is 0.554. The van der Waals surface area contributed by atoms with E-state index in [2.05, 4.69) is 10.2 Å². The second-order valence-corrected chi connectivity index (χ2v) is 11.8. The van der Waals surface area contributed by atoms with E-state index in [9.17, 15) is 32.7 Å². The van der Waals surface area contributed by atoms with Crippen LogP contribution in [-0.2, 0) is 34.5 Å². The van der Waals surface area contributed by atoms with Crippen LogP contribution in [0, 0.1) is 5.41 Å². The van der Waals surface area contributed by atoms with Gasteiger partial charge in [-0.25, -0.2) is 0 Å². The van der Waals surface area contributed by atoms with Crippen molar-refractivity contribution in [1.29, 1.82) is 0 Å². The predicted octanol–water partition coefficient (Wildman–Crippen LogP) is 4.12. The summed E-state index contributed by atoms with van der Waals surface area (Å²) in [7, 11) is 0. The minimum Gasteiger partial charge on any atom is -0.384 e. The first-order valence-electron chi connectivity index (χ1n) is 13.9. The maximum atomic E-state index is 13.2. The normalized spacial score (nSPS) is 26.9. The molecule has 3 fully saturated rings. The summed E-state index contributed by atoms with van der Waals surface area (Å²) in [6, 6.07) is 10.1. The summed E-state index contributed by atoms with van der Waals surface area (Å²) in [6.07, 6.45) is 0.236. The highest BCUT2D eigenvalue weighted by Gasteiger charge is 2.55. The molecule has 40 heavy (non-hydrogen) atoms. The third-order valence-electron chi connectivity index (χ3n) is 9.44. The molecular formula is C30H32F3N3O4. The fourth-order valence-electron chi connectivity index (χ4n) is 7.32. The number of nitrogens with zero attached hydrogens (tertiary/aromatic N) is 2. The SMILES string of the molecule is O=C1CC[C@@H](N2Cc3cc([C@@]4(O)CCN(Cc5ccc(C(F)(F)F)cc5)CC45CCCC5)ccc3C2=O)C(=O)N1. The van der Waals surface area contributed by atoms with E-state index in [1.165, 1.54) is 17.0 Å². The van der Waals surface area contributed by atoms with Gasteiger partial charge in [-0.15, -0.1) is 0 Å². The Kier molecular flexibility index (Phi) is 6.53. The minimum absolute atomic E-state index is 0.188. The van der Waals surface area contributed by atoms with Crippen molar-refractivity contribution in [1.82, 2.24) is 15.1 Å². The molecule has 2 aromatic carbocycles. The van der Waals surface area contributed by atoms with Crippen molar-refractivity contribution < 1.29 is 32.7 Å². The largest absolute Gasteiger partial charge is 0.416 e. The number of aliphatic hydroxyl groups is 1. The fourth-order valence-corrected chi connectivity index (χ4v) is 7.32. The molecule has 1 saturated carbocycles. The molecular weight excluding hydrogens is 523 g/mol. The molecule has 2 N–H and O–H groups in total. The average Bonchev–Trinajstić information content (AvgIpc) is 3.51. The van der Waals surface area contributed by atoms with Crippen molar-refractivity contribution in [3.8, 4) is 0 Å². The Morgan fingerprint density at radius 2 is 1.73 bits per heavy atom. The Bertz CT molecular complexity index is 1350. The Balaban J connectivity index is 1.22. The zero-order valence-electron chi connectivity index (χ0n) is 22.1. The number of amides is 3. The van der Waals surface area contributed by atoms with Crippen molar-refractivity contribution in [2.24, 2.45) is 5.41 Å². The van der Waals surface area contributed by atoms with Gasteiger partial charge in [0.05, 0.1) is 11.2 Å². The number of nitrogens with one attached hydrogen (secondary N) is 1. The van der Waals surface area contributed by atoms with Crippen LogP contribution in [0.4, 0.5) is 13.2 Å². The number of carbonyl (C=O) groups excluding carboxylic acids is 3. The van der Waals surface area contributed by atoms with E-state index >= 15 is 0 Å². The second kappa shape index (κ2) is 9.69. The molecule has 0 aromatic heterocycles. The van der Waals surface area contributed by atoms with Gasteiger partial charge < -0.3 is 10.0 Å². The van der Waals surface area contributed by atoms with Gasteiger partial charge in [0.25, 0.3) is 5.91 Å². The first-order chi connectivity index (χ1) is 19.0. The molecule has 3 heterocycles. The summed E-state index contributed by atoms with van der Waals surface area (Å²) in [6.45, 7) is 1.97. The van der Waals surface area contributed by atoms with E-state index in [1.54, 1.807) is 6.07 Å². The predicted molar refractivity (Wildman–Crippen MR) is 139 cm³/mol. The van der Waals surface area contributed by atoms with E-state index in [0.29, 0.717) is 38.0 Å². The smallest absolute Gasteiger partial charge is 0.384 e. The molecule has 0 unspecified atom stereocenters. The van der Waals surface area contributed by atoms with Crippen LogP contribution in [0.3, 0.4) is 0 Å². The lowest BCUT2D eigenvalue weighted by atomic mass is 9.63. The Labute approximate surface area is 230 Å². The third kappa shape index (κ3) is 4.51. The number of likely N-dealkylation sites (tertiary alicyclic amines) is 1. The van der Waals surface area contributed by atoms with E-state index in [-0.39, 0.29) is 24.8 Å². The average molecular weight is 556 g/mol. The highest BCUT2D eigenvalue weighted by atomic mass is 19.4. The molecule has 4 aliphatic rings. The van der Waals surface area contributed by atoms with Crippen molar-refractivity contribution in [3.05, 3.63) is 70.3 Å². The van der Waals surface area contributed by atoms with E-state index in [1.807, 2.05) is 12.1 Å². The number of imide groups is 1. The van der Waals surface area contributed by atoms with Gasteiger partial charge in [0.2, 0.25) is 11.8 Å². The minimum atomic E-state index is -4.37. The molecule has 0 bridgehead atoms. The fraction of sp³-hybridized carbons (Fsp3) is 0.500. The summed E-state index contributed by atoms with van der Waals surface area (Å²) in [5.74, 6) is -1.03. The van der Waals surface area contributed by atoms with Gasteiger partial charge in [-0.2, -0.15) is 13.2 Å². The van der Waals surface area contributed by atoms with Gasteiger partial charge in [-0.1, -0.05) is 37.1 Å². The molecule has 2 atom stereocenters. The number of hydrogen-bond donors (Lipinski definition) is 2. The lowest BCUT2D eigenvalue weighted by Gasteiger charge is -2.53. The topological polar surface area (TPSA) is 90.0 Å². The summed E-state index contributed by atoms with van der Waals surface area (Å²) < 4.78 is 39.0. The number of piperidine rings is 2. The van der Waals surface area contributed by atoms with Crippen molar-refractivity contribution in [3.63, 3.8) is 0 Å². The van der Waals surface area contributed by atoms with Crippen LogP contribution in [0.2, 0.25) is 0 Å². The van der Waals surface area contributed by atoms with Crippen LogP contribution in [0.1, 0.15) is 77.6 Å². The number of hydrogen-bond acceptors (Lipinski definition) is 5. The maximum absolute atomic E-state index is 13.2. The monoisotopic (exact) mass is 555 g/mol. The number of halogens is 3. The zero-order valence-corrected chi connectivity index (χ0v) is 22.1. The molecule has 10 heteroatoms. The molecule has 2 aromatic rings. The Morgan fingerprint density at radius 1 is 1.00 bits per heavy atom. The van der Waals surface area contributed by atoms with Crippen LogP contribution >= 0.6 is 0 Å². The number of benzene rings is 2. The van der Waals surface area contributed by atoms with Crippen LogP contribution in [0.25, 0.3) is 0 Å².